The van der Waals surface area contributed by atoms with Gasteiger partial charge in [0.2, 0.25) is 0 Å². The maximum Gasteiger partial charge on any atom is 0.110 e. The molecule has 0 radical (unpaired) electrons. The maximum absolute atomic E-state index is 8.62. The Bertz CT molecular complexity index is 303. The van der Waals surface area contributed by atoms with Crippen LogP contribution in [0.3, 0.4) is 0 Å². The van der Waals surface area contributed by atoms with Crippen molar-refractivity contribution < 1.29 is 4.74 Å². The molecule has 0 aliphatic carbocycles. The van der Waals surface area contributed by atoms with E-state index in [4.69, 9.17) is 10.00 Å². The van der Waals surface area contributed by atoms with Crippen molar-refractivity contribution in [3.8, 4) is 6.07 Å². The summed E-state index contributed by atoms with van der Waals surface area (Å²) in [5.41, 5.74) is 0. The number of nitriles is 1. The second-order valence-electron chi connectivity index (χ2n) is 2.90. The van der Waals surface area contributed by atoms with E-state index in [9.17, 15) is 0 Å². The Morgan fingerprint density at radius 2 is 2.43 bits per heavy atom. The van der Waals surface area contributed by atoms with Crippen LogP contribution in [0.2, 0.25) is 0 Å². The third kappa shape index (κ3) is 3.88. The SMILES string of the molecule is COCCCNCc1ccc(C#N)s1. The highest BCUT2D eigenvalue weighted by Gasteiger charge is 1.97. The molecule has 0 bridgehead atoms. The first-order chi connectivity index (χ1) is 6.86. The Morgan fingerprint density at radius 3 is 3.07 bits per heavy atom. The number of methoxy groups -OCH3 is 1. The lowest BCUT2D eigenvalue weighted by molar-refractivity contribution is 0.194. The number of thiophene rings is 1. The molecule has 1 aromatic heterocycles. The van der Waals surface area contributed by atoms with E-state index < -0.39 is 0 Å². The van der Waals surface area contributed by atoms with Gasteiger partial charge in [0, 0.05) is 25.1 Å². The number of nitrogens with one attached hydrogen (secondary N) is 1. The summed E-state index contributed by atoms with van der Waals surface area (Å²) in [7, 11) is 1.71. The standard InChI is InChI=1S/C10H14N2OS/c1-13-6-2-5-12-8-10-4-3-9(7-11)14-10/h3-4,12H,2,5-6,8H2,1H3. The zero-order chi connectivity index (χ0) is 10.2. The van der Waals surface area contributed by atoms with E-state index in [1.165, 1.54) is 4.88 Å². The molecule has 0 spiro atoms. The van der Waals surface area contributed by atoms with Gasteiger partial charge in [-0.2, -0.15) is 5.26 Å². The van der Waals surface area contributed by atoms with Gasteiger partial charge < -0.3 is 10.1 Å². The average molecular weight is 210 g/mol. The van der Waals surface area contributed by atoms with Gasteiger partial charge in [0.05, 0.1) is 0 Å². The van der Waals surface area contributed by atoms with Crippen LogP contribution in [0, 0.1) is 11.3 Å². The van der Waals surface area contributed by atoms with E-state index in [1.54, 1.807) is 18.4 Å². The molecule has 0 saturated carbocycles. The summed E-state index contributed by atoms with van der Waals surface area (Å²) in [6.45, 7) is 2.59. The monoisotopic (exact) mass is 210 g/mol. The van der Waals surface area contributed by atoms with E-state index >= 15 is 0 Å². The van der Waals surface area contributed by atoms with Crippen molar-refractivity contribution in [1.29, 1.82) is 5.26 Å². The fourth-order valence-electron chi connectivity index (χ4n) is 1.09. The van der Waals surface area contributed by atoms with Gasteiger partial charge in [0.15, 0.2) is 0 Å². The lowest BCUT2D eigenvalue weighted by atomic mass is 10.4. The number of rotatable bonds is 6. The van der Waals surface area contributed by atoms with Crippen LogP contribution < -0.4 is 5.32 Å². The number of ether oxygens (including phenoxy) is 1. The minimum Gasteiger partial charge on any atom is -0.385 e. The minimum atomic E-state index is 0.777. The van der Waals surface area contributed by atoms with Crippen molar-refractivity contribution in [2.45, 2.75) is 13.0 Å². The highest BCUT2D eigenvalue weighted by Crippen LogP contribution is 2.14. The topological polar surface area (TPSA) is 45.0 Å². The highest BCUT2D eigenvalue weighted by molar-refractivity contribution is 7.12. The van der Waals surface area contributed by atoms with Gasteiger partial charge >= 0.3 is 0 Å². The summed E-state index contributed by atoms with van der Waals surface area (Å²) in [4.78, 5) is 1.98. The van der Waals surface area contributed by atoms with Crippen LogP contribution in [0.1, 0.15) is 16.2 Å². The first-order valence-corrected chi connectivity index (χ1v) is 5.37. The molecule has 0 fully saturated rings. The van der Waals surface area contributed by atoms with Crippen LogP contribution in [-0.2, 0) is 11.3 Å². The van der Waals surface area contributed by atoms with Crippen molar-refractivity contribution in [3.05, 3.63) is 21.9 Å². The molecule has 4 heteroatoms. The van der Waals surface area contributed by atoms with E-state index in [0.29, 0.717) is 0 Å². The lowest BCUT2D eigenvalue weighted by Gasteiger charge is -2.01. The summed E-state index contributed by atoms with van der Waals surface area (Å²) in [5.74, 6) is 0. The van der Waals surface area contributed by atoms with Crippen LogP contribution in [-0.4, -0.2) is 20.3 Å². The van der Waals surface area contributed by atoms with Crippen LogP contribution in [0.15, 0.2) is 12.1 Å². The third-order valence-corrected chi connectivity index (χ3v) is 2.76. The van der Waals surface area contributed by atoms with Gasteiger partial charge in [-0.3, -0.25) is 0 Å². The molecule has 0 atom stereocenters. The van der Waals surface area contributed by atoms with Crippen LogP contribution >= 0.6 is 11.3 Å². The quantitative estimate of drug-likeness (QED) is 0.727. The zero-order valence-corrected chi connectivity index (χ0v) is 9.06. The van der Waals surface area contributed by atoms with E-state index in [-0.39, 0.29) is 0 Å². The Labute approximate surface area is 88.3 Å². The first-order valence-electron chi connectivity index (χ1n) is 4.55. The van der Waals surface area contributed by atoms with Crippen LogP contribution in [0.25, 0.3) is 0 Å². The smallest absolute Gasteiger partial charge is 0.110 e. The van der Waals surface area contributed by atoms with Crippen molar-refractivity contribution in [2.75, 3.05) is 20.3 Å². The van der Waals surface area contributed by atoms with Gasteiger partial charge in [-0.25, -0.2) is 0 Å². The molecule has 0 aromatic carbocycles. The Kier molecular flexibility index (Phi) is 5.23. The first kappa shape index (κ1) is 11.2. The van der Waals surface area contributed by atoms with Gasteiger partial charge in [-0.05, 0) is 25.1 Å². The largest absolute Gasteiger partial charge is 0.385 e. The van der Waals surface area contributed by atoms with Crippen molar-refractivity contribution in [2.24, 2.45) is 0 Å². The number of hydrogen-bond acceptors (Lipinski definition) is 4. The molecule has 0 saturated heterocycles. The zero-order valence-electron chi connectivity index (χ0n) is 8.25. The summed E-state index contributed by atoms with van der Waals surface area (Å²) in [6.07, 6.45) is 1.02. The Balaban J connectivity index is 2.16. The molecule has 1 heterocycles. The Morgan fingerprint density at radius 1 is 1.57 bits per heavy atom. The van der Waals surface area contributed by atoms with Gasteiger partial charge in [0.25, 0.3) is 0 Å². The molecule has 3 nitrogen and oxygen atoms in total. The molecular weight excluding hydrogens is 196 g/mol. The van der Waals surface area contributed by atoms with Crippen molar-refractivity contribution in [3.63, 3.8) is 0 Å². The molecular formula is C10H14N2OS. The Hall–Kier alpha value is -0.890. The molecule has 1 aromatic rings. The third-order valence-electron chi connectivity index (χ3n) is 1.77. The van der Waals surface area contributed by atoms with E-state index in [2.05, 4.69) is 11.4 Å². The average Bonchev–Trinajstić information content (AvgIpc) is 2.65. The molecule has 14 heavy (non-hydrogen) atoms. The van der Waals surface area contributed by atoms with Gasteiger partial charge in [-0.15, -0.1) is 11.3 Å². The lowest BCUT2D eigenvalue weighted by Crippen LogP contribution is -2.15. The molecule has 1 N–H and O–H groups in total. The molecule has 0 unspecified atom stereocenters. The summed E-state index contributed by atoms with van der Waals surface area (Å²) in [6, 6.07) is 5.98. The second-order valence-corrected chi connectivity index (χ2v) is 4.07. The van der Waals surface area contributed by atoms with Gasteiger partial charge in [0.1, 0.15) is 10.9 Å². The van der Waals surface area contributed by atoms with Gasteiger partial charge in [-0.1, -0.05) is 0 Å². The molecule has 0 amide bonds. The fourth-order valence-corrected chi connectivity index (χ4v) is 1.86. The molecule has 0 aliphatic rings. The molecule has 76 valence electrons. The van der Waals surface area contributed by atoms with Crippen LogP contribution in [0.5, 0.6) is 0 Å². The second kappa shape index (κ2) is 6.55. The predicted octanol–water partition coefficient (Wildman–Crippen LogP) is 1.75. The fraction of sp³-hybridized carbons (Fsp3) is 0.500. The molecule has 1 rings (SSSR count). The number of hydrogen-bond donors (Lipinski definition) is 1. The van der Waals surface area contributed by atoms with E-state index in [1.807, 2.05) is 12.1 Å². The summed E-state index contributed by atoms with van der Waals surface area (Å²) < 4.78 is 4.94. The minimum absolute atomic E-state index is 0.777. The summed E-state index contributed by atoms with van der Waals surface area (Å²) in [5, 5.41) is 11.9. The normalized spacial score (nSPS) is 10.0. The van der Waals surface area contributed by atoms with Crippen molar-refractivity contribution in [1.82, 2.24) is 5.32 Å². The van der Waals surface area contributed by atoms with Crippen LogP contribution in [0.4, 0.5) is 0 Å². The predicted molar refractivity (Wildman–Crippen MR) is 57.2 cm³/mol. The highest BCUT2D eigenvalue weighted by atomic mass is 32.1. The van der Waals surface area contributed by atoms with E-state index in [0.717, 1.165) is 31.0 Å². The number of nitrogens with zero attached hydrogens (tertiary/aromatic N) is 1. The summed E-state index contributed by atoms with van der Waals surface area (Å²) >= 11 is 1.54. The maximum atomic E-state index is 8.62. The van der Waals surface area contributed by atoms with Crippen molar-refractivity contribution >= 4 is 11.3 Å². The molecule has 0 aliphatic heterocycles.